The highest BCUT2D eigenvalue weighted by molar-refractivity contribution is 5.95. The first kappa shape index (κ1) is 16.1. The summed E-state index contributed by atoms with van der Waals surface area (Å²) in [6.45, 7) is 1.91. The Bertz CT molecular complexity index is 668. The summed E-state index contributed by atoms with van der Waals surface area (Å²) in [5, 5.41) is 2.73. The molecule has 0 aromatic heterocycles. The zero-order chi connectivity index (χ0) is 17.1. The van der Waals surface area contributed by atoms with Gasteiger partial charge in [-0.15, -0.1) is 0 Å². The minimum absolute atomic E-state index is 0.00967. The maximum atomic E-state index is 12.4. The van der Waals surface area contributed by atoms with Crippen LogP contribution < -0.4 is 10.1 Å². The van der Waals surface area contributed by atoms with E-state index in [0.717, 1.165) is 5.56 Å². The number of methoxy groups -OCH3 is 1. The van der Waals surface area contributed by atoms with E-state index in [1.807, 2.05) is 6.07 Å². The van der Waals surface area contributed by atoms with Crippen LogP contribution in [0.1, 0.15) is 5.56 Å². The van der Waals surface area contributed by atoms with Crippen LogP contribution in [-0.2, 0) is 20.7 Å². The first-order valence-electron chi connectivity index (χ1n) is 7.73. The number of ether oxygens (including phenoxy) is 2. The van der Waals surface area contributed by atoms with Gasteiger partial charge in [0, 0.05) is 26.2 Å². The smallest absolute Gasteiger partial charge is 0.409 e. The van der Waals surface area contributed by atoms with E-state index in [2.05, 4.69) is 10.1 Å². The van der Waals surface area contributed by atoms with Gasteiger partial charge in [-0.25, -0.2) is 4.79 Å². The van der Waals surface area contributed by atoms with Gasteiger partial charge < -0.3 is 24.6 Å². The van der Waals surface area contributed by atoms with Gasteiger partial charge in [-0.05, 0) is 17.7 Å². The molecule has 1 aromatic carbocycles. The van der Waals surface area contributed by atoms with Crippen LogP contribution in [0.15, 0.2) is 18.2 Å². The van der Waals surface area contributed by atoms with Gasteiger partial charge in [0.05, 0.1) is 19.2 Å². The maximum Gasteiger partial charge on any atom is 0.409 e. The molecule has 0 saturated carbocycles. The predicted molar refractivity (Wildman–Crippen MR) is 84.8 cm³/mol. The van der Waals surface area contributed by atoms with Crippen molar-refractivity contribution in [3.63, 3.8) is 0 Å². The number of nitrogens with zero attached hydrogens (tertiary/aromatic N) is 2. The number of hydrogen-bond donors (Lipinski definition) is 1. The second kappa shape index (κ2) is 6.77. The molecule has 3 rings (SSSR count). The third-order valence-corrected chi connectivity index (χ3v) is 4.10. The van der Waals surface area contributed by atoms with Crippen LogP contribution >= 0.6 is 0 Å². The van der Waals surface area contributed by atoms with Gasteiger partial charge in [0.25, 0.3) is 5.91 Å². The molecule has 1 fully saturated rings. The van der Waals surface area contributed by atoms with Crippen molar-refractivity contribution in [1.82, 2.24) is 9.80 Å². The number of amides is 3. The minimum atomic E-state index is -0.368. The Morgan fingerprint density at radius 1 is 1.21 bits per heavy atom. The molecule has 0 atom stereocenters. The van der Waals surface area contributed by atoms with Gasteiger partial charge in [0.2, 0.25) is 5.91 Å². The minimum Gasteiger partial charge on any atom is -0.482 e. The van der Waals surface area contributed by atoms with Crippen molar-refractivity contribution in [2.45, 2.75) is 6.42 Å². The molecule has 3 amide bonds. The SMILES string of the molecule is COC(=O)N1CCN(C(=O)Cc2ccc3c(c2)NC(=O)CO3)CC1. The molecule has 0 aliphatic carbocycles. The topological polar surface area (TPSA) is 88.2 Å². The molecule has 0 radical (unpaired) electrons. The summed E-state index contributed by atoms with van der Waals surface area (Å²) in [6, 6.07) is 5.33. The normalized spacial score (nSPS) is 16.8. The van der Waals surface area contributed by atoms with Crippen molar-refractivity contribution in [1.29, 1.82) is 0 Å². The highest BCUT2D eigenvalue weighted by Crippen LogP contribution is 2.28. The number of fused-ring (bicyclic) bond motifs is 1. The summed E-state index contributed by atoms with van der Waals surface area (Å²) >= 11 is 0. The lowest BCUT2D eigenvalue weighted by Gasteiger charge is -2.34. The molecule has 0 unspecified atom stereocenters. The number of piperazine rings is 1. The molecule has 2 aliphatic rings. The Balaban J connectivity index is 1.59. The van der Waals surface area contributed by atoms with E-state index in [1.165, 1.54) is 7.11 Å². The van der Waals surface area contributed by atoms with Gasteiger partial charge in [0.15, 0.2) is 6.61 Å². The molecular weight excluding hydrogens is 314 g/mol. The van der Waals surface area contributed by atoms with E-state index in [9.17, 15) is 14.4 Å². The molecule has 8 nitrogen and oxygen atoms in total. The Morgan fingerprint density at radius 3 is 2.62 bits per heavy atom. The van der Waals surface area contributed by atoms with Crippen molar-refractivity contribution in [3.05, 3.63) is 23.8 Å². The van der Waals surface area contributed by atoms with Crippen molar-refractivity contribution < 1.29 is 23.9 Å². The number of nitrogens with one attached hydrogen (secondary N) is 1. The van der Waals surface area contributed by atoms with Crippen LogP contribution in [-0.4, -0.2) is 67.6 Å². The summed E-state index contributed by atoms with van der Waals surface area (Å²) in [5.74, 6) is 0.393. The summed E-state index contributed by atoms with van der Waals surface area (Å²) in [5.41, 5.74) is 1.40. The van der Waals surface area contributed by atoms with Gasteiger partial charge in [-0.1, -0.05) is 6.07 Å². The second-order valence-corrected chi connectivity index (χ2v) is 5.68. The molecule has 1 aromatic rings. The monoisotopic (exact) mass is 333 g/mol. The lowest BCUT2D eigenvalue weighted by Crippen LogP contribution is -2.50. The molecule has 0 spiro atoms. The van der Waals surface area contributed by atoms with Crippen molar-refractivity contribution in [2.24, 2.45) is 0 Å². The summed E-state index contributed by atoms with van der Waals surface area (Å²) in [4.78, 5) is 38.5. The lowest BCUT2D eigenvalue weighted by molar-refractivity contribution is -0.132. The quantitative estimate of drug-likeness (QED) is 0.850. The zero-order valence-corrected chi connectivity index (χ0v) is 13.4. The van der Waals surface area contributed by atoms with Gasteiger partial charge >= 0.3 is 6.09 Å². The Morgan fingerprint density at radius 2 is 1.92 bits per heavy atom. The van der Waals surface area contributed by atoms with E-state index in [-0.39, 0.29) is 30.9 Å². The fourth-order valence-electron chi connectivity index (χ4n) is 2.79. The van der Waals surface area contributed by atoms with E-state index in [4.69, 9.17) is 4.74 Å². The molecule has 2 heterocycles. The van der Waals surface area contributed by atoms with Crippen molar-refractivity contribution >= 4 is 23.6 Å². The highest BCUT2D eigenvalue weighted by atomic mass is 16.5. The van der Waals surface area contributed by atoms with Gasteiger partial charge in [-0.2, -0.15) is 0 Å². The lowest BCUT2D eigenvalue weighted by atomic mass is 10.1. The Labute approximate surface area is 139 Å². The molecule has 1 saturated heterocycles. The van der Waals surface area contributed by atoms with Crippen LogP contribution in [0.4, 0.5) is 10.5 Å². The molecule has 24 heavy (non-hydrogen) atoms. The first-order chi connectivity index (χ1) is 11.6. The van der Waals surface area contributed by atoms with Crippen LogP contribution in [0.3, 0.4) is 0 Å². The van der Waals surface area contributed by atoms with Gasteiger partial charge in [0.1, 0.15) is 5.75 Å². The van der Waals surface area contributed by atoms with E-state index in [0.29, 0.717) is 37.6 Å². The summed E-state index contributed by atoms with van der Waals surface area (Å²) in [7, 11) is 1.35. The molecular formula is C16H19N3O5. The van der Waals surface area contributed by atoms with E-state index < -0.39 is 0 Å². The highest BCUT2D eigenvalue weighted by Gasteiger charge is 2.25. The molecule has 1 N–H and O–H groups in total. The average molecular weight is 333 g/mol. The predicted octanol–water partition coefficient (Wildman–Crippen LogP) is 0.471. The Hall–Kier alpha value is -2.77. The number of rotatable bonds is 2. The third kappa shape index (κ3) is 3.42. The number of anilines is 1. The number of benzene rings is 1. The standard InChI is InChI=1S/C16H19N3O5/c1-23-16(22)19-6-4-18(5-7-19)15(21)9-11-2-3-13-12(8-11)17-14(20)10-24-13/h2-3,8H,4-7,9-10H2,1H3,(H,17,20). The van der Waals surface area contributed by atoms with Gasteiger partial charge in [-0.3, -0.25) is 9.59 Å². The van der Waals surface area contributed by atoms with Crippen molar-refractivity contribution in [3.8, 4) is 5.75 Å². The fourth-order valence-corrected chi connectivity index (χ4v) is 2.79. The van der Waals surface area contributed by atoms with Crippen molar-refractivity contribution in [2.75, 3.05) is 45.2 Å². The van der Waals surface area contributed by atoms with Crippen LogP contribution in [0.25, 0.3) is 0 Å². The van der Waals surface area contributed by atoms with E-state index >= 15 is 0 Å². The average Bonchev–Trinajstić information content (AvgIpc) is 2.60. The third-order valence-electron chi connectivity index (χ3n) is 4.10. The molecule has 128 valence electrons. The van der Waals surface area contributed by atoms with Crippen LogP contribution in [0, 0.1) is 0 Å². The summed E-state index contributed by atoms with van der Waals surface area (Å²) in [6.07, 6.45) is -0.131. The molecule has 8 heteroatoms. The maximum absolute atomic E-state index is 12.4. The summed E-state index contributed by atoms with van der Waals surface area (Å²) < 4.78 is 9.98. The first-order valence-corrected chi connectivity index (χ1v) is 7.73. The largest absolute Gasteiger partial charge is 0.482 e. The number of carbonyl (C=O) groups is 3. The van der Waals surface area contributed by atoms with Crippen LogP contribution in [0.5, 0.6) is 5.75 Å². The second-order valence-electron chi connectivity index (χ2n) is 5.68. The van der Waals surface area contributed by atoms with Crippen LogP contribution in [0.2, 0.25) is 0 Å². The number of hydrogen-bond acceptors (Lipinski definition) is 5. The molecule has 2 aliphatic heterocycles. The number of carbonyl (C=O) groups excluding carboxylic acids is 3. The van der Waals surface area contributed by atoms with E-state index in [1.54, 1.807) is 21.9 Å². The zero-order valence-electron chi connectivity index (χ0n) is 13.4. The molecule has 0 bridgehead atoms. The fraction of sp³-hybridized carbons (Fsp3) is 0.438. The Kier molecular flexibility index (Phi) is 4.54.